The molecule has 1 N–H and O–H groups in total. The first-order valence-corrected chi connectivity index (χ1v) is 10.2. The van der Waals surface area contributed by atoms with Gasteiger partial charge in [0.05, 0.1) is 12.8 Å². The zero-order valence-corrected chi connectivity index (χ0v) is 16.9. The van der Waals surface area contributed by atoms with Crippen LogP contribution < -0.4 is 19.5 Å². The second-order valence-electron chi connectivity index (χ2n) is 7.04. The predicted molar refractivity (Wildman–Crippen MR) is 109 cm³/mol. The van der Waals surface area contributed by atoms with Gasteiger partial charge < -0.3 is 19.5 Å². The van der Waals surface area contributed by atoms with Crippen LogP contribution in [0.4, 0.5) is 9.52 Å². The third kappa shape index (κ3) is 3.18. The molecule has 29 heavy (non-hydrogen) atoms. The summed E-state index contributed by atoms with van der Waals surface area (Å²) in [7, 11) is 3.72. The van der Waals surface area contributed by atoms with Gasteiger partial charge in [0.1, 0.15) is 12.0 Å². The van der Waals surface area contributed by atoms with Crippen molar-refractivity contribution in [3.05, 3.63) is 52.7 Å². The molecule has 0 saturated carbocycles. The Kier molecular flexibility index (Phi) is 4.52. The van der Waals surface area contributed by atoms with Crippen molar-refractivity contribution in [1.82, 2.24) is 9.88 Å². The molecule has 0 fully saturated rings. The highest BCUT2D eigenvalue weighted by atomic mass is 32.1. The lowest BCUT2D eigenvalue weighted by Gasteiger charge is -2.36. The summed E-state index contributed by atoms with van der Waals surface area (Å²) in [4.78, 5) is 6.93. The summed E-state index contributed by atoms with van der Waals surface area (Å²) >= 11 is 1.52. The normalized spacial score (nSPS) is 17.8. The van der Waals surface area contributed by atoms with Crippen LogP contribution in [0.1, 0.15) is 17.3 Å². The van der Waals surface area contributed by atoms with Gasteiger partial charge in [-0.1, -0.05) is 0 Å². The van der Waals surface area contributed by atoms with Crippen LogP contribution in [0.3, 0.4) is 0 Å². The highest BCUT2D eigenvalue weighted by Crippen LogP contribution is 2.49. The first kappa shape index (κ1) is 18.2. The predicted octanol–water partition coefficient (Wildman–Crippen LogP) is 4.29. The Morgan fingerprint density at radius 3 is 2.90 bits per heavy atom. The van der Waals surface area contributed by atoms with Gasteiger partial charge in [0.15, 0.2) is 16.6 Å². The van der Waals surface area contributed by atoms with E-state index in [-0.39, 0.29) is 18.8 Å². The van der Waals surface area contributed by atoms with Crippen molar-refractivity contribution < 1.29 is 18.6 Å². The average Bonchev–Trinajstić information content (AvgIpc) is 3.38. The van der Waals surface area contributed by atoms with Gasteiger partial charge in [-0.15, -0.1) is 11.3 Å². The van der Waals surface area contributed by atoms with Crippen molar-refractivity contribution in [2.45, 2.75) is 12.6 Å². The van der Waals surface area contributed by atoms with Crippen molar-refractivity contribution in [1.29, 1.82) is 0 Å². The summed E-state index contributed by atoms with van der Waals surface area (Å²) in [6.07, 6.45) is 0.783. The quantitative estimate of drug-likeness (QED) is 0.689. The van der Waals surface area contributed by atoms with E-state index in [0.29, 0.717) is 11.5 Å². The molecular weight excluding hydrogens is 393 g/mol. The second-order valence-corrected chi connectivity index (χ2v) is 7.90. The van der Waals surface area contributed by atoms with Crippen molar-refractivity contribution in [3.63, 3.8) is 0 Å². The first-order chi connectivity index (χ1) is 14.1. The molecule has 2 aliphatic heterocycles. The maximum absolute atomic E-state index is 13.2. The Morgan fingerprint density at radius 1 is 1.28 bits per heavy atom. The molecule has 8 heteroatoms. The minimum absolute atomic E-state index is 0.115. The molecule has 2 aliphatic rings. The lowest BCUT2D eigenvalue weighted by Crippen LogP contribution is -2.37. The third-order valence-electron chi connectivity index (χ3n) is 5.30. The van der Waals surface area contributed by atoms with Crippen LogP contribution in [-0.2, 0) is 6.42 Å². The minimum atomic E-state index is -0.256. The first-order valence-electron chi connectivity index (χ1n) is 9.31. The summed E-state index contributed by atoms with van der Waals surface area (Å²) in [6.45, 7) is 1.10. The molecule has 0 radical (unpaired) electrons. The molecule has 1 aromatic heterocycles. The van der Waals surface area contributed by atoms with Crippen LogP contribution in [-0.4, -0.2) is 37.4 Å². The topological polar surface area (TPSA) is 55.9 Å². The molecule has 0 unspecified atom stereocenters. The van der Waals surface area contributed by atoms with E-state index in [0.717, 1.165) is 40.7 Å². The number of aromatic nitrogens is 1. The molecule has 0 bridgehead atoms. The van der Waals surface area contributed by atoms with E-state index in [2.05, 4.69) is 17.3 Å². The fraction of sp³-hybridized carbons (Fsp3) is 0.286. The molecule has 2 aromatic carbocycles. The Morgan fingerprint density at radius 2 is 2.10 bits per heavy atom. The third-order valence-corrected chi connectivity index (χ3v) is 6.07. The number of thiazole rings is 1. The highest BCUT2D eigenvalue weighted by Gasteiger charge is 2.34. The molecule has 0 amide bonds. The molecular formula is C21H20FN3O3S. The Bertz CT molecular complexity index is 1050. The number of nitrogens with zero attached hydrogens (tertiary/aromatic N) is 2. The number of likely N-dealkylation sites (N-methyl/N-ethyl adjacent to an activating group) is 1. The lowest BCUT2D eigenvalue weighted by atomic mass is 9.95. The Labute approximate surface area is 171 Å². The average molecular weight is 413 g/mol. The van der Waals surface area contributed by atoms with Gasteiger partial charge in [0.2, 0.25) is 12.5 Å². The van der Waals surface area contributed by atoms with E-state index in [1.165, 1.54) is 29.0 Å². The van der Waals surface area contributed by atoms with E-state index < -0.39 is 0 Å². The molecule has 0 spiro atoms. The highest BCUT2D eigenvalue weighted by molar-refractivity contribution is 7.14. The maximum Gasteiger partial charge on any atom is 0.231 e. The Hall–Kier alpha value is -2.84. The fourth-order valence-electron chi connectivity index (χ4n) is 3.83. The summed E-state index contributed by atoms with van der Waals surface area (Å²) in [5, 5.41) is 6.29. The molecule has 150 valence electrons. The van der Waals surface area contributed by atoms with Gasteiger partial charge in [0, 0.05) is 23.1 Å². The van der Waals surface area contributed by atoms with Crippen LogP contribution >= 0.6 is 11.3 Å². The molecule has 3 heterocycles. The summed E-state index contributed by atoms with van der Waals surface area (Å²) in [6, 6.07) is 8.41. The van der Waals surface area contributed by atoms with Crippen LogP contribution in [0.25, 0.3) is 11.3 Å². The molecule has 1 atom stereocenters. The van der Waals surface area contributed by atoms with Gasteiger partial charge in [0.25, 0.3) is 0 Å². The molecule has 0 saturated heterocycles. The van der Waals surface area contributed by atoms with Crippen molar-refractivity contribution in [2.24, 2.45) is 0 Å². The second kappa shape index (κ2) is 7.20. The minimum Gasteiger partial charge on any atom is -0.492 e. The maximum atomic E-state index is 13.2. The van der Waals surface area contributed by atoms with E-state index in [1.807, 2.05) is 11.4 Å². The van der Waals surface area contributed by atoms with Crippen LogP contribution in [0.15, 0.2) is 35.7 Å². The van der Waals surface area contributed by atoms with Crippen molar-refractivity contribution >= 4 is 16.5 Å². The van der Waals surface area contributed by atoms with Gasteiger partial charge >= 0.3 is 0 Å². The number of rotatable bonds is 4. The van der Waals surface area contributed by atoms with E-state index in [4.69, 9.17) is 19.2 Å². The number of benzene rings is 2. The van der Waals surface area contributed by atoms with Gasteiger partial charge in [-0.05, 0) is 49.4 Å². The van der Waals surface area contributed by atoms with Crippen molar-refractivity contribution in [3.8, 4) is 28.5 Å². The summed E-state index contributed by atoms with van der Waals surface area (Å²) in [5.74, 6) is 1.83. The number of nitrogens with one attached hydrogen (secondary N) is 1. The number of hydrogen-bond acceptors (Lipinski definition) is 7. The van der Waals surface area contributed by atoms with Gasteiger partial charge in [-0.2, -0.15) is 0 Å². The van der Waals surface area contributed by atoms with Crippen LogP contribution in [0.2, 0.25) is 0 Å². The van der Waals surface area contributed by atoms with Crippen LogP contribution in [0, 0.1) is 5.82 Å². The largest absolute Gasteiger partial charge is 0.492 e. The number of methoxy groups -OCH3 is 1. The SMILES string of the molecule is COc1c2c(cc3c1[C@@H](Nc1nc(-c4ccc(F)cc4)cs1)N(C)CC3)OCO2. The fourth-order valence-corrected chi connectivity index (χ4v) is 4.57. The number of hydrogen-bond donors (Lipinski definition) is 1. The molecule has 5 rings (SSSR count). The number of halogens is 1. The number of fused-ring (bicyclic) bond motifs is 2. The number of ether oxygens (including phenoxy) is 3. The smallest absolute Gasteiger partial charge is 0.231 e. The monoisotopic (exact) mass is 413 g/mol. The zero-order valence-electron chi connectivity index (χ0n) is 16.1. The zero-order chi connectivity index (χ0) is 20.0. The number of anilines is 1. The molecule has 0 aliphatic carbocycles. The summed E-state index contributed by atoms with van der Waals surface area (Å²) in [5.41, 5.74) is 3.92. The van der Waals surface area contributed by atoms with Crippen molar-refractivity contribution in [2.75, 3.05) is 32.8 Å². The van der Waals surface area contributed by atoms with Gasteiger partial charge in [-0.3, -0.25) is 4.90 Å². The van der Waals surface area contributed by atoms with Crippen LogP contribution in [0.5, 0.6) is 17.2 Å². The summed E-state index contributed by atoms with van der Waals surface area (Å²) < 4.78 is 30.2. The van der Waals surface area contributed by atoms with Gasteiger partial charge in [-0.25, -0.2) is 9.37 Å². The standard InChI is InChI=1S/C21H20FN3O3S/c1-25-8-7-13-9-16-18(28-11-27-16)19(26-2)17(13)20(25)24-21-23-15(10-29-21)12-3-5-14(22)6-4-12/h3-6,9-10,20H,7-8,11H2,1-2H3,(H,23,24)/t20-/m0/s1. The lowest BCUT2D eigenvalue weighted by molar-refractivity contribution is 0.170. The van der Waals surface area contributed by atoms with E-state index in [9.17, 15) is 4.39 Å². The Balaban J connectivity index is 1.49. The molecule has 3 aromatic rings. The molecule has 6 nitrogen and oxygen atoms in total. The van der Waals surface area contributed by atoms with E-state index >= 15 is 0 Å². The van der Waals surface area contributed by atoms with E-state index in [1.54, 1.807) is 19.2 Å².